The summed E-state index contributed by atoms with van der Waals surface area (Å²) in [5.74, 6) is 2.77. The molecule has 0 N–H and O–H groups in total. The fourth-order valence-corrected chi connectivity index (χ4v) is 3.15. The summed E-state index contributed by atoms with van der Waals surface area (Å²) in [6.07, 6.45) is 7.51. The van der Waals surface area contributed by atoms with Crippen LogP contribution >= 0.6 is 12.6 Å². The standard InChI is InChI=1S/C17H26O2S/c1-2-12-18-15-6-8-16(9-7-15)19-13-17(14-20)10-4-3-5-11-17/h6-9,20H,2-5,10-14H2,1H3. The molecule has 20 heavy (non-hydrogen) atoms. The van der Waals surface area contributed by atoms with E-state index in [1.807, 2.05) is 24.3 Å². The van der Waals surface area contributed by atoms with Crippen LogP contribution in [0.1, 0.15) is 45.4 Å². The molecule has 1 aliphatic carbocycles. The first-order valence-corrected chi connectivity index (χ1v) is 8.38. The molecule has 2 nitrogen and oxygen atoms in total. The molecule has 1 saturated carbocycles. The van der Waals surface area contributed by atoms with Crippen LogP contribution in [-0.2, 0) is 0 Å². The van der Waals surface area contributed by atoms with Gasteiger partial charge in [0.15, 0.2) is 0 Å². The second-order valence-corrected chi connectivity index (χ2v) is 6.14. The van der Waals surface area contributed by atoms with Gasteiger partial charge in [-0.05, 0) is 49.3 Å². The number of benzene rings is 1. The molecule has 1 fully saturated rings. The van der Waals surface area contributed by atoms with Gasteiger partial charge in [-0.1, -0.05) is 26.2 Å². The lowest BCUT2D eigenvalue weighted by Gasteiger charge is -2.35. The van der Waals surface area contributed by atoms with E-state index < -0.39 is 0 Å². The fraction of sp³-hybridized carbons (Fsp3) is 0.647. The topological polar surface area (TPSA) is 18.5 Å². The maximum absolute atomic E-state index is 5.99. The van der Waals surface area contributed by atoms with Gasteiger partial charge in [0.2, 0.25) is 0 Å². The lowest BCUT2D eigenvalue weighted by Crippen LogP contribution is -2.32. The van der Waals surface area contributed by atoms with Gasteiger partial charge in [0, 0.05) is 5.41 Å². The van der Waals surface area contributed by atoms with Crippen molar-refractivity contribution in [1.82, 2.24) is 0 Å². The molecule has 0 heterocycles. The molecule has 112 valence electrons. The molecular weight excluding hydrogens is 268 g/mol. The molecule has 0 aromatic heterocycles. The van der Waals surface area contributed by atoms with E-state index in [-0.39, 0.29) is 5.41 Å². The minimum Gasteiger partial charge on any atom is -0.494 e. The van der Waals surface area contributed by atoms with Gasteiger partial charge in [0.25, 0.3) is 0 Å². The Hall–Kier alpha value is -0.830. The average Bonchev–Trinajstić information content (AvgIpc) is 2.53. The summed E-state index contributed by atoms with van der Waals surface area (Å²) in [4.78, 5) is 0. The van der Waals surface area contributed by atoms with Crippen LogP contribution < -0.4 is 9.47 Å². The molecule has 0 amide bonds. The lowest BCUT2D eigenvalue weighted by atomic mass is 9.76. The van der Waals surface area contributed by atoms with Gasteiger partial charge < -0.3 is 9.47 Å². The van der Waals surface area contributed by atoms with Crippen LogP contribution in [-0.4, -0.2) is 19.0 Å². The van der Waals surface area contributed by atoms with Crippen molar-refractivity contribution >= 4 is 12.6 Å². The van der Waals surface area contributed by atoms with Crippen LogP contribution in [0.2, 0.25) is 0 Å². The highest BCUT2D eigenvalue weighted by atomic mass is 32.1. The summed E-state index contributed by atoms with van der Waals surface area (Å²) in [6, 6.07) is 7.97. The fourth-order valence-electron chi connectivity index (χ4n) is 2.74. The number of thiol groups is 1. The Morgan fingerprint density at radius 3 is 2.15 bits per heavy atom. The molecule has 0 atom stereocenters. The zero-order valence-electron chi connectivity index (χ0n) is 12.4. The summed E-state index contributed by atoms with van der Waals surface area (Å²) in [7, 11) is 0. The van der Waals surface area contributed by atoms with Crippen molar-refractivity contribution in [2.45, 2.75) is 45.4 Å². The first kappa shape index (κ1) is 15.6. The largest absolute Gasteiger partial charge is 0.494 e. The van der Waals surface area contributed by atoms with E-state index in [9.17, 15) is 0 Å². The predicted octanol–water partition coefficient (Wildman–Crippen LogP) is 4.73. The van der Waals surface area contributed by atoms with Crippen LogP contribution in [0.5, 0.6) is 11.5 Å². The van der Waals surface area contributed by atoms with E-state index in [1.165, 1.54) is 32.1 Å². The van der Waals surface area contributed by atoms with E-state index in [1.54, 1.807) is 0 Å². The van der Waals surface area contributed by atoms with Gasteiger partial charge in [-0.2, -0.15) is 12.6 Å². The lowest BCUT2D eigenvalue weighted by molar-refractivity contribution is 0.121. The van der Waals surface area contributed by atoms with Crippen molar-refractivity contribution < 1.29 is 9.47 Å². The molecule has 1 aromatic rings. The SMILES string of the molecule is CCCOc1ccc(OCC2(CS)CCCCC2)cc1. The van der Waals surface area contributed by atoms with Crippen LogP contribution in [0.4, 0.5) is 0 Å². The summed E-state index contributed by atoms with van der Waals surface area (Å²) >= 11 is 4.55. The van der Waals surface area contributed by atoms with Crippen molar-refractivity contribution in [3.05, 3.63) is 24.3 Å². The van der Waals surface area contributed by atoms with E-state index in [4.69, 9.17) is 9.47 Å². The molecule has 2 rings (SSSR count). The molecule has 3 heteroatoms. The van der Waals surface area contributed by atoms with Crippen molar-refractivity contribution in [3.63, 3.8) is 0 Å². The first-order valence-electron chi connectivity index (χ1n) is 7.74. The van der Waals surface area contributed by atoms with Gasteiger partial charge in [-0.25, -0.2) is 0 Å². The Morgan fingerprint density at radius 2 is 1.60 bits per heavy atom. The third kappa shape index (κ3) is 4.34. The molecule has 1 aromatic carbocycles. The maximum Gasteiger partial charge on any atom is 0.119 e. The highest BCUT2D eigenvalue weighted by Crippen LogP contribution is 2.37. The van der Waals surface area contributed by atoms with Gasteiger partial charge >= 0.3 is 0 Å². The third-order valence-corrected chi connectivity index (χ3v) is 4.76. The van der Waals surface area contributed by atoms with Crippen molar-refractivity contribution in [2.75, 3.05) is 19.0 Å². The molecular formula is C17H26O2S. The van der Waals surface area contributed by atoms with Gasteiger partial charge in [0.05, 0.1) is 13.2 Å². The molecule has 0 bridgehead atoms. The van der Waals surface area contributed by atoms with Gasteiger partial charge in [-0.15, -0.1) is 0 Å². The number of hydrogen-bond acceptors (Lipinski definition) is 3. The minimum absolute atomic E-state index is 0.277. The quantitative estimate of drug-likeness (QED) is 0.733. The summed E-state index contributed by atoms with van der Waals surface area (Å²) < 4.78 is 11.6. The minimum atomic E-state index is 0.277. The monoisotopic (exact) mass is 294 g/mol. The average molecular weight is 294 g/mol. The normalized spacial score (nSPS) is 17.7. The second kappa shape index (κ2) is 7.82. The number of hydrogen-bond donors (Lipinski definition) is 1. The van der Waals surface area contributed by atoms with Crippen molar-refractivity contribution in [2.24, 2.45) is 5.41 Å². The van der Waals surface area contributed by atoms with E-state index in [2.05, 4.69) is 19.6 Å². The Morgan fingerprint density at radius 1 is 1.00 bits per heavy atom. The highest BCUT2D eigenvalue weighted by molar-refractivity contribution is 7.80. The Balaban J connectivity index is 1.86. The van der Waals surface area contributed by atoms with Gasteiger partial charge in [0.1, 0.15) is 11.5 Å². The molecule has 0 radical (unpaired) electrons. The summed E-state index contributed by atoms with van der Waals surface area (Å²) in [5, 5.41) is 0. The number of rotatable bonds is 7. The second-order valence-electron chi connectivity index (χ2n) is 5.83. The van der Waals surface area contributed by atoms with E-state index in [0.717, 1.165) is 36.9 Å². The highest BCUT2D eigenvalue weighted by Gasteiger charge is 2.31. The Labute approximate surface area is 128 Å². The third-order valence-electron chi connectivity index (χ3n) is 4.09. The van der Waals surface area contributed by atoms with Crippen LogP contribution in [0, 0.1) is 5.41 Å². The zero-order valence-corrected chi connectivity index (χ0v) is 13.3. The van der Waals surface area contributed by atoms with Crippen LogP contribution in [0.25, 0.3) is 0 Å². The first-order chi connectivity index (χ1) is 9.78. The van der Waals surface area contributed by atoms with Crippen LogP contribution in [0.3, 0.4) is 0 Å². The molecule has 0 spiro atoms. The Bertz CT molecular complexity index is 382. The smallest absolute Gasteiger partial charge is 0.119 e. The molecule has 1 aliphatic rings. The van der Waals surface area contributed by atoms with E-state index >= 15 is 0 Å². The van der Waals surface area contributed by atoms with Crippen LogP contribution in [0.15, 0.2) is 24.3 Å². The summed E-state index contributed by atoms with van der Waals surface area (Å²) in [5.41, 5.74) is 0.277. The van der Waals surface area contributed by atoms with Crippen molar-refractivity contribution in [1.29, 1.82) is 0 Å². The summed E-state index contributed by atoms with van der Waals surface area (Å²) in [6.45, 7) is 3.66. The number of ether oxygens (including phenoxy) is 2. The van der Waals surface area contributed by atoms with Crippen molar-refractivity contribution in [3.8, 4) is 11.5 Å². The Kier molecular flexibility index (Phi) is 6.08. The molecule has 0 unspecified atom stereocenters. The maximum atomic E-state index is 5.99. The van der Waals surface area contributed by atoms with Gasteiger partial charge in [-0.3, -0.25) is 0 Å². The predicted molar refractivity (Wildman–Crippen MR) is 87.1 cm³/mol. The molecule has 0 aliphatic heterocycles. The van der Waals surface area contributed by atoms with E-state index in [0.29, 0.717) is 0 Å². The zero-order chi connectivity index (χ0) is 14.3. The molecule has 0 saturated heterocycles.